The molecule has 3 N–H and O–H groups in total. The molecule has 0 fully saturated rings. The highest BCUT2D eigenvalue weighted by atomic mass is 16.5. The van der Waals surface area contributed by atoms with Gasteiger partial charge in [0.25, 0.3) is 0 Å². The summed E-state index contributed by atoms with van der Waals surface area (Å²) in [5, 5.41) is 23.1. The summed E-state index contributed by atoms with van der Waals surface area (Å²) in [7, 11) is 3.59. The van der Waals surface area contributed by atoms with E-state index in [2.05, 4.69) is 22.3 Å². The van der Waals surface area contributed by atoms with Gasteiger partial charge in [0.2, 0.25) is 0 Å². The number of methoxy groups -OCH3 is 1. The zero-order valence-electron chi connectivity index (χ0n) is 18.6. The molecule has 0 saturated carbocycles. The molecule has 6 nitrogen and oxygen atoms in total. The summed E-state index contributed by atoms with van der Waals surface area (Å²) in [5.74, 6) is 1.25. The first-order valence-electron chi connectivity index (χ1n) is 10.3. The monoisotopic (exact) mass is 416 g/mol. The normalized spacial score (nSPS) is 12.8. The first-order valence-corrected chi connectivity index (χ1v) is 10.3. The van der Waals surface area contributed by atoms with Crippen LogP contribution in [-0.2, 0) is 13.1 Å². The van der Waals surface area contributed by atoms with Gasteiger partial charge in [-0.25, -0.2) is 0 Å². The molecule has 0 unspecified atom stereocenters. The number of nitrogens with one attached hydrogen (secondary N) is 1. The van der Waals surface area contributed by atoms with Gasteiger partial charge in [0.05, 0.1) is 7.11 Å². The summed E-state index contributed by atoms with van der Waals surface area (Å²) in [6.45, 7) is 6.99. The van der Waals surface area contributed by atoms with Gasteiger partial charge in [0.1, 0.15) is 12.7 Å². The van der Waals surface area contributed by atoms with Crippen LogP contribution in [0.3, 0.4) is 0 Å². The fourth-order valence-electron chi connectivity index (χ4n) is 3.10. The highest BCUT2D eigenvalue weighted by Gasteiger charge is 2.16. The van der Waals surface area contributed by atoms with Gasteiger partial charge < -0.3 is 25.0 Å². The van der Waals surface area contributed by atoms with E-state index >= 15 is 0 Å². The lowest BCUT2D eigenvalue weighted by Crippen LogP contribution is -2.33. The van der Waals surface area contributed by atoms with E-state index in [-0.39, 0.29) is 18.6 Å². The molecule has 0 amide bonds. The van der Waals surface area contributed by atoms with Gasteiger partial charge in [-0.05, 0) is 30.3 Å². The molecule has 6 heteroatoms. The summed E-state index contributed by atoms with van der Waals surface area (Å²) < 4.78 is 11.3. The number of aliphatic hydroxyl groups excluding tert-OH is 2. The van der Waals surface area contributed by atoms with Gasteiger partial charge in [-0.3, -0.25) is 4.90 Å². The average Bonchev–Trinajstić information content (AvgIpc) is 2.73. The van der Waals surface area contributed by atoms with Crippen molar-refractivity contribution in [1.82, 2.24) is 10.2 Å². The summed E-state index contributed by atoms with van der Waals surface area (Å²) in [5.41, 5.74) is 2.09. The van der Waals surface area contributed by atoms with E-state index in [0.717, 1.165) is 12.1 Å². The molecule has 2 aromatic rings. The number of benzene rings is 2. The predicted octanol–water partition coefficient (Wildman–Crippen LogP) is 2.67. The zero-order valence-corrected chi connectivity index (χ0v) is 18.6. The Bertz CT molecular complexity index is 752. The minimum atomic E-state index is -0.615. The van der Waals surface area contributed by atoms with Crippen molar-refractivity contribution >= 4 is 0 Å². The fraction of sp³-hybridized carbons (Fsp3) is 0.500. The van der Waals surface area contributed by atoms with Crippen molar-refractivity contribution in [2.45, 2.75) is 33.0 Å². The average molecular weight is 417 g/mol. The Morgan fingerprint density at radius 3 is 2.47 bits per heavy atom. The van der Waals surface area contributed by atoms with Crippen molar-refractivity contribution in [2.75, 3.05) is 40.5 Å². The van der Waals surface area contributed by atoms with Crippen LogP contribution >= 0.6 is 0 Å². The van der Waals surface area contributed by atoms with Gasteiger partial charge in [-0.1, -0.05) is 50.2 Å². The third-order valence-electron chi connectivity index (χ3n) is 4.84. The van der Waals surface area contributed by atoms with E-state index in [4.69, 9.17) is 9.47 Å². The first kappa shape index (κ1) is 24.2. The smallest absolute Gasteiger partial charge is 0.161 e. The third kappa shape index (κ3) is 8.32. The van der Waals surface area contributed by atoms with Gasteiger partial charge in [-0.15, -0.1) is 0 Å². The van der Waals surface area contributed by atoms with Crippen molar-refractivity contribution in [2.24, 2.45) is 5.41 Å². The second-order valence-electron chi connectivity index (χ2n) is 8.56. The first-order chi connectivity index (χ1) is 14.3. The standard InChI is InChI=1S/C24H36N2O4/c1-24(2,18-27)17-25-13-20-10-11-22(29-4)23(12-20)30-16-21(28)15-26(3)14-19-8-6-5-7-9-19/h5-12,21,25,27-28H,13-18H2,1-4H3/t21-/m0/s1. The predicted molar refractivity (Wildman–Crippen MR) is 120 cm³/mol. The number of likely N-dealkylation sites (N-methyl/N-ethyl adjacent to an activating group) is 1. The lowest BCUT2D eigenvalue weighted by molar-refractivity contribution is 0.0732. The van der Waals surface area contributed by atoms with Gasteiger partial charge in [-0.2, -0.15) is 0 Å². The van der Waals surface area contributed by atoms with Crippen LogP contribution in [0.1, 0.15) is 25.0 Å². The fourth-order valence-corrected chi connectivity index (χ4v) is 3.10. The highest BCUT2D eigenvalue weighted by Crippen LogP contribution is 2.28. The number of hydrogen-bond acceptors (Lipinski definition) is 6. The molecule has 0 bridgehead atoms. The Morgan fingerprint density at radius 1 is 1.07 bits per heavy atom. The number of rotatable bonds is 13. The molecule has 2 aromatic carbocycles. The van der Waals surface area contributed by atoms with Crippen molar-refractivity contribution < 1.29 is 19.7 Å². The topological polar surface area (TPSA) is 74.2 Å². The molecule has 1 atom stereocenters. The van der Waals surface area contributed by atoms with Crippen molar-refractivity contribution in [3.05, 3.63) is 59.7 Å². The summed E-state index contributed by atoms with van der Waals surface area (Å²) in [6, 6.07) is 16.0. The van der Waals surface area contributed by atoms with E-state index in [1.54, 1.807) is 7.11 Å². The van der Waals surface area contributed by atoms with E-state index in [9.17, 15) is 10.2 Å². The molecule has 166 valence electrons. The quantitative estimate of drug-likeness (QED) is 0.466. The molecule has 0 aliphatic carbocycles. The molecule has 0 aliphatic heterocycles. The maximum Gasteiger partial charge on any atom is 0.161 e. The Hall–Kier alpha value is -2.12. The molecule has 30 heavy (non-hydrogen) atoms. The Labute approximate surface area is 180 Å². The summed E-state index contributed by atoms with van der Waals surface area (Å²) in [6.07, 6.45) is -0.615. The minimum Gasteiger partial charge on any atom is -0.493 e. The Morgan fingerprint density at radius 2 is 1.80 bits per heavy atom. The van der Waals surface area contributed by atoms with Crippen LogP contribution in [0.5, 0.6) is 11.5 Å². The minimum absolute atomic E-state index is 0.133. The highest BCUT2D eigenvalue weighted by molar-refractivity contribution is 5.43. The number of hydrogen-bond donors (Lipinski definition) is 3. The lowest BCUT2D eigenvalue weighted by Gasteiger charge is -2.22. The van der Waals surface area contributed by atoms with Crippen LogP contribution in [-0.4, -0.2) is 61.7 Å². The molecular formula is C24H36N2O4. The molecule has 0 aromatic heterocycles. The van der Waals surface area contributed by atoms with Crippen LogP contribution in [0.15, 0.2) is 48.5 Å². The van der Waals surface area contributed by atoms with E-state index in [1.807, 2.05) is 57.3 Å². The summed E-state index contributed by atoms with van der Waals surface area (Å²) in [4.78, 5) is 2.07. The second-order valence-corrected chi connectivity index (χ2v) is 8.56. The number of ether oxygens (including phenoxy) is 2. The molecule has 2 rings (SSSR count). The SMILES string of the molecule is COc1ccc(CNCC(C)(C)CO)cc1OC[C@@H](O)CN(C)Cc1ccccc1. The number of nitrogens with zero attached hydrogens (tertiary/aromatic N) is 1. The largest absolute Gasteiger partial charge is 0.493 e. The van der Waals surface area contributed by atoms with Crippen molar-refractivity contribution in [3.8, 4) is 11.5 Å². The molecule has 0 saturated heterocycles. The molecule has 0 spiro atoms. The number of aliphatic hydroxyl groups is 2. The Kier molecular flexibility index (Phi) is 9.59. The Balaban J connectivity index is 1.86. The van der Waals surface area contributed by atoms with Gasteiger partial charge in [0.15, 0.2) is 11.5 Å². The lowest BCUT2D eigenvalue weighted by atomic mass is 9.95. The third-order valence-corrected chi connectivity index (χ3v) is 4.84. The van der Waals surface area contributed by atoms with Crippen molar-refractivity contribution in [3.63, 3.8) is 0 Å². The van der Waals surface area contributed by atoms with Crippen LogP contribution in [0.4, 0.5) is 0 Å². The van der Waals surface area contributed by atoms with Crippen LogP contribution in [0.25, 0.3) is 0 Å². The van der Waals surface area contributed by atoms with Crippen LogP contribution in [0.2, 0.25) is 0 Å². The molecule has 0 aliphatic rings. The van der Waals surface area contributed by atoms with Gasteiger partial charge >= 0.3 is 0 Å². The second kappa shape index (κ2) is 11.9. The zero-order chi connectivity index (χ0) is 22.0. The molecular weight excluding hydrogens is 380 g/mol. The van der Waals surface area contributed by atoms with Gasteiger partial charge in [0, 0.05) is 38.2 Å². The maximum absolute atomic E-state index is 10.4. The molecule has 0 heterocycles. The van der Waals surface area contributed by atoms with E-state index in [1.165, 1.54) is 5.56 Å². The van der Waals surface area contributed by atoms with E-state index in [0.29, 0.717) is 31.1 Å². The summed E-state index contributed by atoms with van der Waals surface area (Å²) >= 11 is 0. The van der Waals surface area contributed by atoms with Crippen LogP contribution in [0, 0.1) is 5.41 Å². The van der Waals surface area contributed by atoms with Crippen molar-refractivity contribution in [1.29, 1.82) is 0 Å². The molecule has 0 radical (unpaired) electrons. The maximum atomic E-state index is 10.4. The van der Waals surface area contributed by atoms with Crippen LogP contribution < -0.4 is 14.8 Å². The van der Waals surface area contributed by atoms with E-state index < -0.39 is 6.10 Å².